The quantitative estimate of drug-likeness (QED) is 0.748. The molecule has 0 aliphatic heterocycles. The average molecular weight is 322 g/mol. The highest BCUT2D eigenvalue weighted by Crippen LogP contribution is 2.39. The number of thioether (sulfide) groups is 1. The number of hydrogen-bond acceptors (Lipinski definition) is 5. The number of halogens is 2. The van der Waals surface area contributed by atoms with Crippen molar-refractivity contribution in [3.8, 4) is 0 Å². The van der Waals surface area contributed by atoms with E-state index in [0.717, 1.165) is 30.8 Å². The van der Waals surface area contributed by atoms with Crippen LogP contribution in [0, 0.1) is 11.6 Å². The third-order valence-corrected chi connectivity index (χ3v) is 4.55. The van der Waals surface area contributed by atoms with Crippen LogP contribution in [0.1, 0.15) is 36.9 Å². The molecular weight excluding hydrogens is 310 g/mol. The third kappa shape index (κ3) is 2.35. The molecular formula is C13H12F2N6S. The topological polar surface area (TPSA) is 72.3 Å². The minimum absolute atomic E-state index is 0.0224. The smallest absolute Gasteiger partial charge is 0.167 e. The lowest BCUT2D eigenvalue weighted by molar-refractivity contribution is 0.510. The Kier molecular flexibility index (Phi) is 3.10. The maximum absolute atomic E-state index is 13.2. The van der Waals surface area contributed by atoms with E-state index in [1.54, 1.807) is 0 Å². The van der Waals surface area contributed by atoms with Gasteiger partial charge < -0.3 is 4.98 Å². The van der Waals surface area contributed by atoms with Crippen LogP contribution in [0.5, 0.6) is 0 Å². The molecule has 1 unspecified atom stereocenters. The highest BCUT2D eigenvalue weighted by Gasteiger charge is 2.30. The van der Waals surface area contributed by atoms with Gasteiger partial charge >= 0.3 is 0 Å². The second-order valence-electron chi connectivity index (χ2n) is 5.30. The molecule has 9 heteroatoms. The second kappa shape index (κ2) is 5.01. The Morgan fingerprint density at radius 1 is 1.32 bits per heavy atom. The van der Waals surface area contributed by atoms with E-state index in [2.05, 4.69) is 25.5 Å². The molecule has 1 aliphatic rings. The lowest BCUT2D eigenvalue weighted by Gasteiger charge is -2.08. The number of aromatic nitrogens is 6. The van der Waals surface area contributed by atoms with E-state index in [0.29, 0.717) is 22.2 Å². The van der Waals surface area contributed by atoms with Crippen molar-refractivity contribution in [2.24, 2.45) is 0 Å². The number of rotatable bonds is 4. The predicted molar refractivity (Wildman–Crippen MR) is 76.4 cm³/mol. The van der Waals surface area contributed by atoms with Crippen LogP contribution in [-0.4, -0.2) is 30.2 Å². The molecule has 0 radical (unpaired) electrons. The van der Waals surface area contributed by atoms with Crippen molar-refractivity contribution in [3.05, 3.63) is 29.6 Å². The molecule has 1 N–H and O–H groups in total. The van der Waals surface area contributed by atoms with Crippen molar-refractivity contribution >= 4 is 22.8 Å². The molecule has 3 aromatic rings. The minimum Gasteiger partial charge on any atom is -0.333 e. The van der Waals surface area contributed by atoms with Crippen molar-refractivity contribution in [1.82, 2.24) is 30.2 Å². The number of aromatic amines is 1. The van der Waals surface area contributed by atoms with Crippen LogP contribution >= 0.6 is 11.8 Å². The van der Waals surface area contributed by atoms with Crippen LogP contribution in [0.25, 0.3) is 11.0 Å². The van der Waals surface area contributed by atoms with E-state index in [4.69, 9.17) is 0 Å². The molecule has 2 heterocycles. The normalized spacial score (nSPS) is 16.3. The number of tetrazole rings is 1. The van der Waals surface area contributed by atoms with Gasteiger partial charge in [-0.15, -0.1) is 5.10 Å². The average Bonchev–Trinajstić information content (AvgIpc) is 3.07. The molecule has 6 nitrogen and oxygen atoms in total. The summed E-state index contributed by atoms with van der Waals surface area (Å²) in [6.45, 7) is 1.98. The summed E-state index contributed by atoms with van der Waals surface area (Å²) in [5.74, 6) is -1.01. The van der Waals surface area contributed by atoms with Crippen molar-refractivity contribution in [2.75, 3.05) is 0 Å². The zero-order valence-electron chi connectivity index (χ0n) is 11.6. The SMILES string of the molecule is CC(Sc1nc2cc(F)c(F)cc2[nH]1)c1nnnn1C1CC1. The van der Waals surface area contributed by atoms with Crippen LogP contribution in [-0.2, 0) is 0 Å². The molecule has 0 saturated heterocycles. The first-order chi connectivity index (χ1) is 10.6. The van der Waals surface area contributed by atoms with E-state index in [-0.39, 0.29) is 5.25 Å². The van der Waals surface area contributed by atoms with Crippen LogP contribution in [0.15, 0.2) is 17.3 Å². The lowest BCUT2D eigenvalue weighted by Crippen LogP contribution is -2.05. The molecule has 1 saturated carbocycles. The van der Waals surface area contributed by atoms with Gasteiger partial charge in [-0.3, -0.25) is 0 Å². The lowest BCUT2D eigenvalue weighted by atomic mass is 10.3. The van der Waals surface area contributed by atoms with E-state index in [1.807, 2.05) is 11.6 Å². The number of nitrogens with zero attached hydrogens (tertiary/aromatic N) is 5. The van der Waals surface area contributed by atoms with Crippen molar-refractivity contribution in [1.29, 1.82) is 0 Å². The second-order valence-corrected chi connectivity index (χ2v) is 6.63. The fourth-order valence-corrected chi connectivity index (χ4v) is 3.22. The molecule has 0 bridgehead atoms. The summed E-state index contributed by atoms with van der Waals surface area (Å²) in [4.78, 5) is 7.27. The van der Waals surface area contributed by atoms with Crippen LogP contribution in [0.4, 0.5) is 8.78 Å². The van der Waals surface area contributed by atoms with Gasteiger partial charge in [0.25, 0.3) is 0 Å². The summed E-state index contributed by atoms with van der Waals surface area (Å²) in [7, 11) is 0. The maximum atomic E-state index is 13.2. The van der Waals surface area contributed by atoms with Crippen molar-refractivity contribution in [2.45, 2.75) is 36.2 Å². The Hall–Kier alpha value is -2.03. The zero-order valence-corrected chi connectivity index (χ0v) is 12.4. The zero-order chi connectivity index (χ0) is 15.3. The summed E-state index contributed by atoms with van der Waals surface area (Å²) < 4.78 is 28.3. The molecule has 0 amide bonds. The summed E-state index contributed by atoms with van der Waals surface area (Å²) in [6, 6.07) is 2.59. The van der Waals surface area contributed by atoms with Gasteiger partial charge in [0, 0.05) is 12.1 Å². The number of nitrogens with one attached hydrogen (secondary N) is 1. The number of fused-ring (bicyclic) bond motifs is 1. The molecule has 1 aliphatic carbocycles. The maximum Gasteiger partial charge on any atom is 0.167 e. The Morgan fingerprint density at radius 2 is 2.09 bits per heavy atom. The third-order valence-electron chi connectivity index (χ3n) is 3.57. The van der Waals surface area contributed by atoms with Crippen molar-refractivity contribution in [3.63, 3.8) is 0 Å². The van der Waals surface area contributed by atoms with Crippen LogP contribution in [0.3, 0.4) is 0 Å². The summed E-state index contributed by atoms with van der Waals surface area (Å²) in [5, 5.41) is 12.4. The summed E-state index contributed by atoms with van der Waals surface area (Å²) >= 11 is 1.42. The standard InChI is InChI=1S/C13H12F2N6S/c1-6(12-18-19-20-21(12)7-2-3-7)22-13-16-10-4-8(14)9(15)5-11(10)17-13/h4-7H,2-3H2,1H3,(H,16,17). The summed E-state index contributed by atoms with van der Waals surface area (Å²) in [6.07, 6.45) is 2.19. The number of imidazole rings is 1. The molecule has 0 spiro atoms. The largest absolute Gasteiger partial charge is 0.333 e. The molecule has 2 aromatic heterocycles. The number of H-pyrrole nitrogens is 1. The van der Waals surface area contributed by atoms with Gasteiger partial charge in [0.2, 0.25) is 0 Å². The van der Waals surface area contributed by atoms with Gasteiger partial charge in [-0.1, -0.05) is 11.8 Å². The molecule has 4 rings (SSSR count). The first-order valence-electron chi connectivity index (χ1n) is 6.91. The van der Waals surface area contributed by atoms with Gasteiger partial charge in [0.15, 0.2) is 22.6 Å². The van der Waals surface area contributed by atoms with Gasteiger partial charge in [-0.25, -0.2) is 18.4 Å². The molecule has 1 fully saturated rings. The van der Waals surface area contributed by atoms with E-state index >= 15 is 0 Å². The Morgan fingerprint density at radius 3 is 2.86 bits per heavy atom. The Bertz CT molecular complexity index is 801. The fourth-order valence-electron chi connectivity index (χ4n) is 2.30. The monoisotopic (exact) mass is 322 g/mol. The predicted octanol–water partition coefficient (Wildman–Crippen LogP) is 3.02. The number of benzene rings is 1. The van der Waals surface area contributed by atoms with Gasteiger partial charge in [0.1, 0.15) is 0 Å². The molecule has 22 heavy (non-hydrogen) atoms. The minimum atomic E-state index is -0.902. The molecule has 114 valence electrons. The highest BCUT2D eigenvalue weighted by molar-refractivity contribution is 7.99. The Labute approximate surface area is 128 Å². The Balaban J connectivity index is 1.61. The summed E-state index contributed by atoms with van der Waals surface area (Å²) in [5.41, 5.74) is 0.866. The molecule has 1 atom stereocenters. The van der Waals surface area contributed by atoms with E-state index < -0.39 is 11.6 Å². The van der Waals surface area contributed by atoms with Gasteiger partial charge in [0.05, 0.1) is 22.3 Å². The first kappa shape index (κ1) is 13.6. The van der Waals surface area contributed by atoms with E-state index in [1.165, 1.54) is 11.8 Å². The van der Waals surface area contributed by atoms with Gasteiger partial charge in [-0.05, 0) is 30.2 Å². The molecule has 1 aromatic carbocycles. The first-order valence-corrected chi connectivity index (χ1v) is 7.79. The van der Waals surface area contributed by atoms with Crippen molar-refractivity contribution < 1.29 is 8.78 Å². The van der Waals surface area contributed by atoms with Crippen LogP contribution < -0.4 is 0 Å². The van der Waals surface area contributed by atoms with Gasteiger partial charge in [-0.2, -0.15) is 0 Å². The van der Waals surface area contributed by atoms with Crippen LogP contribution in [0.2, 0.25) is 0 Å². The number of hydrogen-bond donors (Lipinski definition) is 1. The fraction of sp³-hybridized carbons (Fsp3) is 0.385. The van der Waals surface area contributed by atoms with E-state index in [9.17, 15) is 8.78 Å². The highest BCUT2D eigenvalue weighted by atomic mass is 32.2.